The van der Waals surface area contributed by atoms with E-state index in [1.54, 1.807) is 6.07 Å². The van der Waals surface area contributed by atoms with Crippen molar-refractivity contribution < 1.29 is 14.1 Å². The maximum absolute atomic E-state index is 12.8. The van der Waals surface area contributed by atoms with Crippen molar-refractivity contribution in [3.63, 3.8) is 0 Å². The molecule has 1 saturated heterocycles. The lowest BCUT2D eigenvalue weighted by Gasteiger charge is -2.36. The van der Waals surface area contributed by atoms with E-state index in [0.29, 0.717) is 25.6 Å². The Morgan fingerprint density at radius 2 is 1.79 bits per heavy atom. The Kier molecular flexibility index (Phi) is 5.51. The summed E-state index contributed by atoms with van der Waals surface area (Å²) in [5.41, 5.74) is 4.78. The van der Waals surface area contributed by atoms with Crippen LogP contribution < -0.4 is 9.64 Å². The molecule has 0 spiro atoms. The van der Waals surface area contributed by atoms with Gasteiger partial charge in [0.05, 0.1) is 6.07 Å². The van der Waals surface area contributed by atoms with Crippen LogP contribution in [0.1, 0.15) is 27.2 Å². The fourth-order valence-electron chi connectivity index (χ4n) is 3.53. The van der Waals surface area contributed by atoms with Crippen LogP contribution in [0.15, 0.2) is 59.1 Å². The summed E-state index contributed by atoms with van der Waals surface area (Å²) in [4.78, 5) is 16.9. The number of nitrogens with zero attached hydrogens (tertiary/aromatic N) is 3. The summed E-state index contributed by atoms with van der Waals surface area (Å²) in [7, 11) is 0. The molecule has 0 saturated carbocycles. The van der Waals surface area contributed by atoms with Crippen LogP contribution in [0, 0.1) is 13.8 Å². The third-order valence-electron chi connectivity index (χ3n) is 5.20. The summed E-state index contributed by atoms with van der Waals surface area (Å²) in [5, 5.41) is 3.88. The highest BCUT2D eigenvalue weighted by Gasteiger charge is 2.26. The van der Waals surface area contributed by atoms with Gasteiger partial charge in [-0.15, -0.1) is 0 Å². The van der Waals surface area contributed by atoms with E-state index in [1.807, 2.05) is 35.2 Å². The first-order chi connectivity index (χ1) is 14.1. The van der Waals surface area contributed by atoms with Crippen LogP contribution in [0.3, 0.4) is 0 Å². The molecule has 1 fully saturated rings. The second kappa shape index (κ2) is 8.39. The van der Waals surface area contributed by atoms with Crippen molar-refractivity contribution in [3.05, 3.63) is 77.0 Å². The Labute approximate surface area is 170 Å². The van der Waals surface area contributed by atoms with Gasteiger partial charge in [-0.05, 0) is 41.8 Å². The predicted octanol–water partition coefficient (Wildman–Crippen LogP) is 3.83. The van der Waals surface area contributed by atoms with E-state index in [1.165, 1.54) is 16.8 Å². The highest BCUT2D eigenvalue weighted by atomic mass is 16.5. The smallest absolute Gasteiger partial charge is 0.292 e. The first-order valence-electron chi connectivity index (χ1n) is 9.85. The SMILES string of the molecule is Cc1ccc(C)c(N2CCN(C(=O)c3cc(OCc4ccccc4)no3)CC2)c1. The zero-order valence-corrected chi connectivity index (χ0v) is 16.8. The number of aromatic nitrogens is 1. The molecule has 2 aromatic carbocycles. The van der Waals surface area contributed by atoms with E-state index in [4.69, 9.17) is 9.26 Å². The number of rotatable bonds is 5. The van der Waals surface area contributed by atoms with Gasteiger partial charge in [0.25, 0.3) is 11.8 Å². The summed E-state index contributed by atoms with van der Waals surface area (Å²) in [6.07, 6.45) is 0. The molecule has 29 heavy (non-hydrogen) atoms. The summed E-state index contributed by atoms with van der Waals surface area (Å²) < 4.78 is 10.9. The number of ether oxygens (including phenoxy) is 1. The van der Waals surface area contributed by atoms with Gasteiger partial charge >= 0.3 is 0 Å². The van der Waals surface area contributed by atoms with Crippen molar-refractivity contribution in [3.8, 4) is 5.88 Å². The first kappa shape index (κ1) is 19.1. The van der Waals surface area contributed by atoms with Gasteiger partial charge < -0.3 is 19.1 Å². The molecule has 6 nitrogen and oxygen atoms in total. The Hall–Kier alpha value is -3.28. The van der Waals surface area contributed by atoms with E-state index in [-0.39, 0.29) is 11.7 Å². The molecule has 1 amide bonds. The second-order valence-corrected chi connectivity index (χ2v) is 7.37. The van der Waals surface area contributed by atoms with Crippen molar-refractivity contribution in [2.45, 2.75) is 20.5 Å². The molecular formula is C23H25N3O3. The lowest BCUT2D eigenvalue weighted by atomic mass is 10.1. The first-order valence-corrected chi connectivity index (χ1v) is 9.85. The molecule has 0 bridgehead atoms. The van der Waals surface area contributed by atoms with Crippen LogP contribution >= 0.6 is 0 Å². The Balaban J connectivity index is 1.34. The van der Waals surface area contributed by atoms with Crippen LogP contribution in [0.25, 0.3) is 0 Å². The van der Waals surface area contributed by atoms with Crippen molar-refractivity contribution >= 4 is 11.6 Å². The van der Waals surface area contributed by atoms with Gasteiger partial charge in [-0.1, -0.05) is 42.5 Å². The van der Waals surface area contributed by atoms with Crippen molar-refractivity contribution in [1.82, 2.24) is 10.1 Å². The maximum Gasteiger partial charge on any atom is 0.292 e. The minimum Gasteiger partial charge on any atom is -0.471 e. The summed E-state index contributed by atoms with van der Waals surface area (Å²) in [6.45, 7) is 7.49. The minimum atomic E-state index is -0.146. The van der Waals surface area contributed by atoms with E-state index < -0.39 is 0 Å². The minimum absolute atomic E-state index is 0.146. The fraction of sp³-hybridized carbons (Fsp3) is 0.304. The second-order valence-electron chi connectivity index (χ2n) is 7.37. The highest BCUT2D eigenvalue weighted by molar-refractivity contribution is 5.91. The van der Waals surface area contributed by atoms with Gasteiger partial charge in [0.2, 0.25) is 5.76 Å². The molecule has 0 aliphatic carbocycles. The number of anilines is 1. The van der Waals surface area contributed by atoms with E-state index >= 15 is 0 Å². The molecule has 150 valence electrons. The number of piperazine rings is 1. The number of aryl methyl sites for hydroxylation is 2. The average Bonchev–Trinajstić information content (AvgIpc) is 3.23. The highest BCUT2D eigenvalue weighted by Crippen LogP contribution is 2.23. The zero-order valence-electron chi connectivity index (χ0n) is 16.8. The molecular weight excluding hydrogens is 366 g/mol. The number of carbonyl (C=O) groups excluding carboxylic acids is 1. The normalized spacial score (nSPS) is 14.1. The molecule has 0 radical (unpaired) electrons. The quantitative estimate of drug-likeness (QED) is 0.662. The Morgan fingerprint density at radius 3 is 2.55 bits per heavy atom. The largest absolute Gasteiger partial charge is 0.471 e. The lowest BCUT2D eigenvalue weighted by molar-refractivity contribution is 0.0704. The maximum atomic E-state index is 12.8. The third kappa shape index (κ3) is 4.42. The standard InChI is InChI=1S/C23H25N3O3/c1-17-8-9-18(2)20(14-17)25-10-12-26(13-11-25)23(27)21-15-22(24-29-21)28-16-19-6-4-3-5-7-19/h3-9,14-15H,10-13,16H2,1-2H3. The van der Waals surface area contributed by atoms with Crippen molar-refractivity contribution in [1.29, 1.82) is 0 Å². The predicted molar refractivity (Wildman–Crippen MR) is 111 cm³/mol. The van der Waals surface area contributed by atoms with Gasteiger partial charge in [0.1, 0.15) is 6.61 Å². The number of amides is 1. The van der Waals surface area contributed by atoms with Gasteiger partial charge in [-0.3, -0.25) is 4.79 Å². The van der Waals surface area contributed by atoms with E-state index in [0.717, 1.165) is 18.7 Å². The number of hydrogen-bond donors (Lipinski definition) is 0. The Bertz CT molecular complexity index is 976. The van der Waals surface area contributed by atoms with Crippen LogP contribution in [0.2, 0.25) is 0 Å². The van der Waals surface area contributed by atoms with Crippen molar-refractivity contribution in [2.24, 2.45) is 0 Å². The van der Waals surface area contributed by atoms with Gasteiger partial charge in [-0.25, -0.2) is 0 Å². The van der Waals surface area contributed by atoms with Crippen LogP contribution in [0.5, 0.6) is 5.88 Å². The lowest BCUT2D eigenvalue weighted by Crippen LogP contribution is -2.49. The topological polar surface area (TPSA) is 58.8 Å². The summed E-state index contributed by atoms with van der Waals surface area (Å²) in [6, 6.07) is 17.9. The molecule has 3 aromatic rings. The van der Waals surface area contributed by atoms with Crippen molar-refractivity contribution in [2.75, 3.05) is 31.1 Å². The molecule has 0 unspecified atom stereocenters. The molecule has 6 heteroatoms. The molecule has 1 aliphatic heterocycles. The Morgan fingerprint density at radius 1 is 1.03 bits per heavy atom. The average molecular weight is 391 g/mol. The summed E-state index contributed by atoms with van der Waals surface area (Å²) in [5.74, 6) is 0.396. The molecule has 0 N–H and O–H groups in total. The van der Waals surface area contributed by atoms with E-state index in [2.05, 4.69) is 42.1 Å². The molecule has 4 rings (SSSR count). The molecule has 0 atom stereocenters. The van der Waals surface area contributed by atoms with Crippen LogP contribution in [0.4, 0.5) is 5.69 Å². The van der Waals surface area contributed by atoms with Crippen LogP contribution in [-0.4, -0.2) is 42.1 Å². The number of benzene rings is 2. The van der Waals surface area contributed by atoms with E-state index in [9.17, 15) is 4.79 Å². The monoisotopic (exact) mass is 391 g/mol. The number of hydrogen-bond acceptors (Lipinski definition) is 5. The molecule has 1 aromatic heterocycles. The molecule has 2 heterocycles. The molecule has 1 aliphatic rings. The number of carbonyl (C=O) groups is 1. The van der Waals surface area contributed by atoms with Crippen LogP contribution in [-0.2, 0) is 6.61 Å². The van der Waals surface area contributed by atoms with Gasteiger partial charge in [-0.2, -0.15) is 0 Å². The van der Waals surface area contributed by atoms with Gasteiger partial charge in [0, 0.05) is 31.9 Å². The summed E-state index contributed by atoms with van der Waals surface area (Å²) >= 11 is 0. The van der Waals surface area contributed by atoms with Gasteiger partial charge in [0.15, 0.2) is 0 Å². The fourth-order valence-corrected chi connectivity index (χ4v) is 3.53. The third-order valence-corrected chi connectivity index (χ3v) is 5.20. The zero-order chi connectivity index (χ0) is 20.2.